The van der Waals surface area contributed by atoms with Gasteiger partial charge in [-0.05, 0) is 48.2 Å². The van der Waals surface area contributed by atoms with Crippen molar-refractivity contribution < 1.29 is 29.0 Å². The highest BCUT2D eigenvalue weighted by molar-refractivity contribution is 6.05. The maximum absolute atomic E-state index is 14.8. The van der Waals surface area contributed by atoms with Gasteiger partial charge in [0.1, 0.15) is 11.6 Å². The lowest BCUT2D eigenvalue weighted by Crippen LogP contribution is -2.57. The smallest absolute Gasteiger partial charge is 0.312 e. The molecule has 0 unspecified atom stereocenters. The average molecular weight is 555 g/mol. The Balaban J connectivity index is 1.48. The first-order valence-corrected chi connectivity index (χ1v) is 14.2. The number of hydrogen-bond donors (Lipinski definition) is 1. The molecular formula is C33H34N2O6. The standard InChI is InChI=1S/C33H34N2O6/c1-3-18-34(24-15-14-21-10-8-9-13-23(21)19-24)31(38)29-33-17-16-26(41-33)27(32(39)40-4-2)28(33)30(37)35(29)25(20-36)22-11-6-5-7-12-22/h3,5-15,19,25-29,36H,1,4,16-18,20H2,2H3/t25-,26-,27+,28+,29-,33+/m1/s1. The molecule has 3 aromatic carbocycles. The van der Waals surface area contributed by atoms with E-state index in [-0.39, 0.29) is 25.0 Å². The minimum Gasteiger partial charge on any atom is -0.466 e. The number of carbonyl (C=O) groups is 3. The Morgan fingerprint density at radius 1 is 1.15 bits per heavy atom. The minimum atomic E-state index is -1.21. The van der Waals surface area contributed by atoms with Crippen molar-refractivity contribution in [3.63, 3.8) is 0 Å². The van der Waals surface area contributed by atoms with Crippen LogP contribution in [0, 0.1) is 11.8 Å². The molecule has 3 aliphatic rings. The van der Waals surface area contributed by atoms with Gasteiger partial charge in [0, 0.05) is 12.2 Å². The molecule has 8 heteroatoms. The summed E-state index contributed by atoms with van der Waals surface area (Å²) in [5, 5.41) is 12.7. The van der Waals surface area contributed by atoms with Crippen LogP contribution in [0.3, 0.4) is 0 Å². The number of likely N-dealkylation sites (tertiary alicyclic amines) is 1. The summed E-state index contributed by atoms with van der Waals surface area (Å²) in [7, 11) is 0. The molecule has 0 radical (unpaired) electrons. The Morgan fingerprint density at radius 2 is 1.88 bits per heavy atom. The summed E-state index contributed by atoms with van der Waals surface area (Å²) in [6.07, 6.45) is 2.14. The van der Waals surface area contributed by atoms with Crippen LogP contribution in [-0.2, 0) is 23.9 Å². The van der Waals surface area contributed by atoms with Gasteiger partial charge in [-0.2, -0.15) is 0 Å². The normalized spacial score (nSPS) is 27.1. The Labute approximate surface area is 239 Å². The minimum absolute atomic E-state index is 0.181. The number of aliphatic hydroxyl groups excluding tert-OH is 1. The fourth-order valence-electron chi connectivity index (χ4n) is 7.19. The number of aliphatic hydroxyl groups is 1. The van der Waals surface area contributed by atoms with Gasteiger partial charge in [0.15, 0.2) is 0 Å². The predicted molar refractivity (Wildman–Crippen MR) is 154 cm³/mol. The molecule has 1 spiro atoms. The predicted octanol–water partition coefficient (Wildman–Crippen LogP) is 4.03. The van der Waals surface area contributed by atoms with E-state index in [1.165, 1.54) is 4.90 Å². The molecule has 0 saturated carbocycles. The highest BCUT2D eigenvalue weighted by atomic mass is 16.6. The number of anilines is 1. The van der Waals surface area contributed by atoms with Gasteiger partial charge in [-0.15, -0.1) is 6.58 Å². The summed E-state index contributed by atoms with van der Waals surface area (Å²) in [6, 6.07) is 21.0. The van der Waals surface area contributed by atoms with Gasteiger partial charge < -0.3 is 24.4 Å². The number of carbonyl (C=O) groups excluding carboxylic acids is 3. The maximum atomic E-state index is 14.8. The summed E-state index contributed by atoms with van der Waals surface area (Å²) in [4.78, 5) is 45.5. The number of ether oxygens (including phenoxy) is 2. The van der Waals surface area contributed by atoms with Crippen LogP contribution in [-0.4, -0.2) is 65.3 Å². The molecule has 3 aromatic rings. The van der Waals surface area contributed by atoms with Crippen LogP contribution in [0.2, 0.25) is 0 Å². The lowest BCUT2D eigenvalue weighted by molar-refractivity contribution is -0.155. The monoisotopic (exact) mass is 554 g/mol. The van der Waals surface area contributed by atoms with Crippen LogP contribution < -0.4 is 4.90 Å². The first-order chi connectivity index (χ1) is 19.9. The van der Waals surface area contributed by atoms with Crippen molar-refractivity contribution in [1.82, 2.24) is 4.90 Å². The molecule has 3 heterocycles. The molecule has 3 aliphatic heterocycles. The number of fused-ring (bicyclic) bond motifs is 2. The average Bonchev–Trinajstić information content (AvgIpc) is 3.64. The van der Waals surface area contributed by atoms with Crippen molar-refractivity contribution in [3.8, 4) is 0 Å². The Hall–Kier alpha value is -4.01. The molecule has 6 rings (SSSR count). The van der Waals surface area contributed by atoms with E-state index in [1.54, 1.807) is 17.9 Å². The molecule has 8 nitrogen and oxygen atoms in total. The summed E-state index contributed by atoms with van der Waals surface area (Å²) in [5.74, 6) is -2.88. The van der Waals surface area contributed by atoms with E-state index in [4.69, 9.17) is 9.47 Å². The molecule has 41 heavy (non-hydrogen) atoms. The number of hydrogen-bond acceptors (Lipinski definition) is 6. The van der Waals surface area contributed by atoms with Crippen LogP contribution in [0.4, 0.5) is 5.69 Å². The zero-order chi connectivity index (χ0) is 28.7. The van der Waals surface area contributed by atoms with E-state index in [0.29, 0.717) is 24.1 Å². The molecular weight excluding hydrogens is 520 g/mol. The third-order valence-electron chi connectivity index (χ3n) is 8.85. The van der Waals surface area contributed by atoms with Gasteiger partial charge >= 0.3 is 5.97 Å². The van der Waals surface area contributed by atoms with E-state index in [9.17, 15) is 19.5 Å². The Kier molecular flexibility index (Phi) is 7.13. The van der Waals surface area contributed by atoms with Gasteiger partial charge in [-0.3, -0.25) is 14.4 Å². The largest absolute Gasteiger partial charge is 0.466 e. The van der Waals surface area contributed by atoms with Gasteiger partial charge in [-0.25, -0.2) is 0 Å². The quantitative estimate of drug-likeness (QED) is 0.317. The van der Waals surface area contributed by atoms with E-state index in [1.807, 2.05) is 72.8 Å². The maximum Gasteiger partial charge on any atom is 0.312 e. The van der Waals surface area contributed by atoms with Crippen molar-refractivity contribution in [3.05, 3.63) is 91.0 Å². The molecule has 0 aliphatic carbocycles. The van der Waals surface area contributed by atoms with Crippen molar-refractivity contribution in [2.24, 2.45) is 11.8 Å². The van der Waals surface area contributed by atoms with Crippen LogP contribution >= 0.6 is 0 Å². The number of rotatable bonds is 9. The van der Waals surface area contributed by atoms with Gasteiger partial charge in [0.25, 0.3) is 5.91 Å². The Morgan fingerprint density at radius 3 is 2.59 bits per heavy atom. The van der Waals surface area contributed by atoms with Crippen molar-refractivity contribution in [1.29, 1.82) is 0 Å². The second-order valence-electron chi connectivity index (χ2n) is 10.9. The molecule has 1 N–H and O–H groups in total. The lowest BCUT2D eigenvalue weighted by atomic mass is 9.70. The SMILES string of the molecule is C=CCN(C(=O)[C@H]1N([C@H](CO)c2ccccc2)C(=O)[C@@H]2[C@@H](C(=O)OCC)[C@H]3CC[C@]21O3)c1ccc2ccccc2c1. The molecule has 2 bridgehead atoms. The summed E-state index contributed by atoms with van der Waals surface area (Å²) in [6.45, 7) is 5.61. The molecule has 212 valence electrons. The van der Waals surface area contributed by atoms with E-state index >= 15 is 0 Å². The number of benzene rings is 3. The van der Waals surface area contributed by atoms with E-state index in [0.717, 1.165) is 10.8 Å². The van der Waals surface area contributed by atoms with Gasteiger partial charge in [0.2, 0.25) is 5.91 Å². The Bertz CT molecular complexity index is 1490. The van der Waals surface area contributed by atoms with E-state index < -0.39 is 48.2 Å². The summed E-state index contributed by atoms with van der Waals surface area (Å²) in [5.41, 5.74) is 0.144. The van der Waals surface area contributed by atoms with Crippen molar-refractivity contribution >= 4 is 34.2 Å². The van der Waals surface area contributed by atoms with Crippen LogP contribution in [0.5, 0.6) is 0 Å². The fourth-order valence-corrected chi connectivity index (χ4v) is 7.19. The first kappa shape index (κ1) is 27.2. The molecule has 3 saturated heterocycles. The zero-order valence-electron chi connectivity index (χ0n) is 23.0. The first-order valence-electron chi connectivity index (χ1n) is 14.2. The van der Waals surface area contributed by atoms with Crippen molar-refractivity contribution in [2.45, 2.75) is 43.6 Å². The molecule has 0 aromatic heterocycles. The van der Waals surface area contributed by atoms with Crippen LogP contribution in [0.25, 0.3) is 10.8 Å². The fraction of sp³-hybridized carbons (Fsp3) is 0.364. The third kappa shape index (κ3) is 4.24. The number of esters is 1. The highest BCUT2D eigenvalue weighted by Gasteiger charge is 2.75. The highest BCUT2D eigenvalue weighted by Crippen LogP contribution is 2.60. The van der Waals surface area contributed by atoms with Crippen LogP contribution in [0.1, 0.15) is 31.4 Å². The second-order valence-corrected chi connectivity index (χ2v) is 10.9. The summed E-state index contributed by atoms with van der Waals surface area (Å²) < 4.78 is 11.9. The van der Waals surface area contributed by atoms with Crippen molar-refractivity contribution in [2.75, 3.05) is 24.7 Å². The van der Waals surface area contributed by atoms with Gasteiger partial charge in [-0.1, -0.05) is 66.7 Å². The van der Waals surface area contributed by atoms with Crippen LogP contribution in [0.15, 0.2) is 85.5 Å². The van der Waals surface area contributed by atoms with E-state index in [2.05, 4.69) is 6.58 Å². The molecule has 6 atom stereocenters. The molecule has 2 amide bonds. The van der Waals surface area contributed by atoms with Gasteiger partial charge in [0.05, 0.1) is 37.2 Å². The third-order valence-corrected chi connectivity index (χ3v) is 8.85. The molecule has 3 fully saturated rings. The topological polar surface area (TPSA) is 96.4 Å². The lowest BCUT2D eigenvalue weighted by Gasteiger charge is -2.39. The zero-order valence-corrected chi connectivity index (χ0v) is 23.0. The second kappa shape index (κ2) is 10.8. The summed E-state index contributed by atoms with van der Waals surface area (Å²) >= 11 is 0. The number of nitrogens with zero attached hydrogens (tertiary/aromatic N) is 2. The number of amides is 2.